The van der Waals surface area contributed by atoms with Gasteiger partial charge in [-0.1, -0.05) is 23.2 Å². The number of nitrogens with two attached hydrogens (primary N) is 1. The van der Waals surface area contributed by atoms with E-state index in [1.165, 1.54) is 19.2 Å². The summed E-state index contributed by atoms with van der Waals surface area (Å²) in [6, 6.07) is 2.83. The lowest BCUT2D eigenvalue weighted by atomic mass is 10.2. The Kier molecular flexibility index (Phi) is 3.57. The number of hydrogen-bond acceptors (Lipinski definition) is 3. The highest BCUT2D eigenvalue weighted by molar-refractivity contribution is 6.39. The van der Waals surface area contributed by atoms with Gasteiger partial charge in [0, 0.05) is 5.56 Å². The zero-order chi connectivity index (χ0) is 10.7. The molecule has 0 heterocycles. The van der Waals surface area contributed by atoms with Gasteiger partial charge in [-0.05, 0) is 12.1 Å². The van der Waals surface area contributed by atoms with Crippen LogP contribution in [0.4, 0.5) is 5.69 Å². The second-order valence-corrected chi connectivity index (χ2v) is 3.30. The largest absolute Gasteiger partial charge is 0.396 e. The highest BCUT2D eigenvalue weighted by Gasteiger charge is 2.10. The average Bonchev–Trinajstić information content (AvgIpc) is 2.13. The standard InChI is InChI=1S/C8H8Cl2N2O2/c1-14-12-8(13)4-2-5(9)7(11)6(10)3-4/h2-3H,11H2,1H3,(H,12,13). The van der Waals surface area contributed by atoms with Gasteiger partial charge in [0.15, 0.2) is 0 Å². The minimum Gasteiger partial charge on any atom is -0.396 e. The topological polar surface area (TPSA) is 64.3 Å². The molecule has 0 atom stereocenters. The summed E-state index contributed by atoms with van der Waals surface area (Å²) in [6.45, 7) is 0. The highest BCUT2D eigenvalue weighted by Crippen LogP contribution is 2.28. The predicted octanol–water partition coefficient (Wildman–Crippen LogP) is 1.87. The normalized spacial score (nSPS) is 9.93. The molecule has 3 N–H and O–H groups in total. The van der Waals surface area contributed by atoms with E-state index in [9.17, 15) is 4.79 Å². The van der Waals surface area contributed by atoms with Crippen molar-refractivity contribution in [2.24, 2.45) is 0 Å². The Labute approximate surface area is 90.9 Å². The molecule has 0 aromatic heterocycles. The number of amides is 1. The summed E-state index contributed by atoms with van der Waals surface area (Å²) in [5.41, 5.74) is 8.18. The number of carbonyl (C=O) groups is 1. The Hall–Kier alpha value is -0.970. The summed E-state index contributed by atoms with van der Waals surface area (Å²) in [5, 5.41) is 0.470. The Morgan fingerprint density at radius 3 is 2.36 bits per heavy atom. The molecule has 0 aliphatic carbocycles. The number of hydroxylamine groups is 1. The van der Waals surface area contributed by atoms with E-state index in [4.69, 9.17) is 28.9 Å². The number of nitrogens with one attached hydrogen (secondary N) is 1. The van der Waals surface area contributed by atoms with Crippen LogP contribution in [0.5, 0.6) is 0 Å². The molecule has 1 rings (SSSR count). The van der Waals surface area contributed by atoms with Crippen molar-refractivity contribution in [1.82, 2.24) is 5.48 Å². The van der Waals surface area contributed by atoms with Crippen LogP contribution >= 0.6 is 23.2 Å². The molecule has 1 aromatic rings. The Bertz CT molecular complexity index is 345. The maximum Gasteiger partial charge on any atom is 0.274 e. The zero-order valence-corrected chi connectivity index (χ0v) is 8.82. The third-order valence-electron chi connectivity index (χ3n) is 1.54. The van der Waals surface area contributed by atoms with E-state index in [-0.39, 0.29) is 21.3 Å². The van der Waals surface area contributed by atoms with Crippen LogP contribution in [0.1, 0.15) is 10.4 Å². The SMILES string of the molecule is CONC(=O)c1cc(Cl)c(N)c(Cl)c1. The Morgan fingerprint density at radius 1 is 1.43 bits per heavy atom. The number of benzene rings is 1. The van der Waals surface area contributed by atoms with Crippen LogP contribution in [0.15, 0.2) is 12.1 Å². The number of carbonyl (C=O) groups excluding carboxylic acids is 1. The van der Waals surface area contributed by atoms with Gasteiger partial charge in [-0.15, -0.1) is 0 Å². The maximum absolute atomic E-state index is 11.3. The molecular weight excluding hydrogens is 227 g/mol. The average molecular weight is 235 g/mol. The van der Waals surface area contributed by atoms with E-state index in [0.717, 1.165) is 0 Å². The number of halogens is 2. The van der Waals surface area contributed by atoms with Gasteiger partial charge in [0.25, 0.3) is 5.91 Å². The van der Waals surface area contributed by atoms with E-state index in [1.807, 2.05) is 0 Å². The number of rotatable bonds is 2. The van der Waals surface area contributed by atoms with E-state index in [0.29, 0.717) is 0 Å². The number of hydrogen-bond donors (Lipinski definition) is 2. The lowest BCUT2D eigenvalue weighted by molar-refractivity contribution is 0.0537. The molecule has 1 aromatic carbocycles. The Balaban J connectivity index is 3.06. The van der Waals surface area contributed by atoms with Crippen molar-refractivity contribution in [1.29, 1.82) is 0 Å². The molecule has 0 bridgehead atoms. The van der Waals surface area contributed by atoms with Crippen molar-refractivity contribution < 1.29 is 9.63 Å². The molecule has 0 radical (unpaired) electrons. The fourth-order valence-corrected chi connectivity index (χ4v) is 1.35. The molecule has 1 amide bonds. The highest BCUT2D eigenvalue weighted by atomic mass is 35.5. The van der Waals surface area contributed by atoms with Gasteiger partial charge in [-0.25, -0.2) is 5.48 Å². The first-order valence-electron chi connectivity index (χ1n) is 3.64. The maximum atomic E-state index is 11.3. The van der Waals surface area contributed by atoms with Crippen molar-refractivity contribution in [3.8, 4) is 0 Å². The third kappa shape index (κ3) is 2.29. The van der Waals surface area contributed by atoms with E-state index in [1.54, 1.807) is 0 Å². The predicted molar refractivity (Wildman–Crippen MR) is 55.3 cm³/mol. The molecule has 14 heavy (non-hydrogen) atoms. The van der Waals surface area contributed by atoms with Crippen LogP contribution in [0.25, 0.3) is 0 Å². The molecular formula is C8H8Cl2N2O2. The molecule has 0 saturated carbocycles. The minimum atomic E-state index is -0.434. The van der Waals surface area contributed by atoms with Crippen molar-refractivity contribution >= 4 is 34.8 Å². The second kappa shape index (κ2) is 4.50. The lowest BCUT2D eigenvalue weighted by Crippen LogP contribution is -2.21. The number of nitrogen functional groups attached to an aromatic ring is 1. The summed E-state index contributed by atoms with van der Waals surface area (Å²) >= 11 is 11.5. The quantitative estimate of drug-likeness (QED) is 0.607. The van der Waals surface area contributed by atoms with Crippen molar-refractivity contribution in [3.63, 3.8) is 0 Å². The van der Waals surface area contributed by atoms with E-state index < -0.39 is 5.91 Å². The first-order valence-corrected chi connectivity index (χ1v) is 4.39. The molecule has 0 fully saturated rings. The van der Waals surface area contributed by atoms with Crippen LogP contribution in [0, 0.1) is 0 Å². The molecule has 76 valence electrons. The Morgan fingerprint density at radius 2 is 1.93 bits per heavy atom. The van der Waals surface area contributed by atoms with Crippen LogP contribution in [0.2, 0.25) is 10.0 Å². The fraction of sp³-hybridized carbons (Fsp3) is 0.125. The van der Waals surface area contributed by atoms with Crippen LogP contribution < -0.4 is 11.2 Å². The molecule has 0 aliphatic rings. The molecule has 0 unspecified atom stereocenters. The van der Waals surface area contributed by atoms with E-state index >= 15 is 0 Å². The monoisotopic (exact) mass is 234 g/mol. The summed E-state index contributed by atoms with van der Waals surface area (Å²) in [7, 11) is 1.33. The molecule has 0 spiro atoms. The van der Waals surface area contributed by atoms with Gasteiger partial charge in [0.1, 0.15) is 0 Å². The van der Waals surface area contributed by atoms with Crippen molar-refractivity contribution in [2.75, 3.05) is 12.8 Å². The lowest BCUT2D eigenvalue weighted by Gasteiger charge is -2.05. The van der Waals surface area contributed by atoms with Gasteiger partial charge < -0.3 is 5.73 Å². The number of anilines is 1. The van der Waals surface area contributed by atoms with Crippen molar-refractivity contribution in [3.05, 3.63) is 27.7 Å². The summed E-state index contributed by atoms with van der Waals surface area (Å²) in [5.74, 6) is -0.434. The van der Waals surface area contributed by atoms with Gasteiger partial charge >= 0.3 is 0 Å². The summed E-state index contributed by atoms with van der Waals surface area (Å²) in [6.07, 6.45) is 0. The molecule has 6 heteroatoms. The molecule has 0 aliphatic heterocycles. The van der Waals surface area contributed by atoms with Gasteiger partial charge in [0.05, 0.1) is 22.8 Å². The summed E-state index contributed by atoms with van der Waals surface area (Å²) < 4.78 is 0. The fourth-order valence-electron chi connectivity index (χ4n) is 0.867. The molecule has 0 saturated heterocycles. The smallest absolute Gasteiger partial charge is 0.274 e. The van der Waals surface area contributed by atoms with Gasteiger partial charge in [-0.2, -0.15) is 0 Å². The first kappa shape index (κ1) is 11.1. The molecule has 4 nitrogen and oxygen atoms in total. The van der Waals surface area contributed by atoms with Gasteiger partial charge in [-0.3, -0.25) is 9.63 Å². The second-order valence-electron chi connectivity index (χ2n) is 2.49. The van der Waals surface area contributed by atoms with Crippen LogP contribution in [0.3, 0.4) is 0 Å². The minimum absolute atomic E-state index is 0.235. The van der Waals surface area contributed by atoms with Gasteiger partial charge in [0.2, 0.25) is 0 Å². The van der Waals surface area contributed by atoms with E-state index in [2.05, 4.69) is 10.3 Å². The van der Waals surface area contributed by atoms with Crippen LogP contribution in [-0.4, -0.2) is 13.0 Å². The third-order valence-corrected chi connectivity index (χ3v) is 2.16. The first-order chi connectivity index (χ1) is 6.56. The zero-order valence-electron chi connectivity index (χ0n) is 7.30. The van der Waals surface area contributed by atoms with Crippen LogP contribution in [-0.2, 0) is 4.84 Å². The van der Waals surface area contributed by atoms with Crippen molar-refractivity contribution in [2.45, 2.75) is 0 Å². The summed E-state index contributed by atoms with van der Waals surface area (Å²) in [4.78, 5) is 15.7.